The van der Waals surface area contributed by atoms with E-state index in [-0.39, 0.29) is 18.1 Å². The van der Waals surface area contributed by atoms with Gasteiger partial charge in [0.25, 0.3) is 11.7 Å². The molecular weight excluding hydrogens is 458 g/mol. The summed E-state index contributed by atoms with van der Waals surface area (Å²) in [6.45, 7) is 6.71. The SMILES string of the molecule is Cc1ccccc1C1/C(=C(\O)c2ccc3c(c2)OCO3)C(=O)C(=O)N1c1ccc(OCC(C)C)cc1. The average Bonchev–Trinajstić information content (AvgIpc) is 3.45. The first-order valence-corrected chi connectivity index (χ1v) is 11.8. The molecular formula is C29H27NO6. The minimum Gasteiger partial charge on any atom is -0.507 e. The lowest BCUT2D eigenvalue weighted by Crippen LogP contribution is -2.29. The van der Waals surface area contributed by atoms with E-state index >= 15 is 0 Å². The number of aryl methyl sites for hydroxylation is 1. The minimum atomic E-state index is -0.806. The van der Waals surface area contributed by atoms with Crippen molar-refractivity contribution in [2.45, 2.75) is 26.8 Å². The van der Waals surface area contributed by atoms with Gasteiger partial charge in [0.2, 0.25) is 6.79 Å². The zero-order valence-electron chi connectivity index (χ0n) is 20.4. The predicted octanol–water partition coefficient (Wildman–Crippen LogP) is 5.38. The number of hydrogen-bond acceptors (Lipinski definition) is 6. The molecule has 2 aliphatic rings. The quantitative estimate of drug-likeness (QED) is 0.286. The number of benzene rings is 3. The number of aliphatic hydroxyl groups excluding tert-OH is 1. The highest BCUT2D eigenvalue weighted by Gasteiger charge is 2.47. The summed E-state index contributed by atoms with van der Waals surface area (Å²) in [6, 6.07) is 18.7. The van der Waals surface area contributed by atoms with Gasteiger partial charge in [0, 0.05) is 11.3 Å². The average molecular weight is 486 g/mol. The molecule has 0 radical (unpaired) electrons. The van der Waals surface area contributed by atoms with Crippen molar-refractivity contribution in [2.75, 3.05) is 18.3 Å². The van der Waals surface area contributed by atoms with Crippen LogP contribution in [0.4, 0.5) is 5.69 Å². The van der Waals surface area contributed by atoms with Crippen molar-refractivity contribution in [3.63, 3.8) is 0 Å². The van der Waals surface area contributed by atoms with Crippen molar-refractivity contribution in [1.82, 2.24) is 0 Å². The van der Waals surface area contributed by atoms with Gasteiger partial charge in [0.1, 0.15) is 11.5 Å². The van der Waals surface area contributed by atoms with Crippen molar-refractivity contribution in [1.29, 1.82) is 0 Å². The van der Waals surface area contributed by atoms with Crippen LogP contribution in [0.1, 0.15) is 36.6 Å². The molecule has 1 unspecified atom stereocenters. The first-order chi connectivity index (χ1) is 17.3. The Bertz CT molecular complexity index is 1360. The zero-order valence-corrected chi connectivity index (χ0v) is 20.4. The number of rotatable bonds is 6. The summed E-state index contributed by atoms with van der Waals surface area (Å²) in [5, 5.41) is 11.4. The number of Topliss-reactive ketones (excluding diaryl/α,β-unsaturated/α-hetero) is 1. The molecule has 36 heavy (non-hydrogen) atoms. The first kappa shape index (κ1) is 23.5. The number of carbonyl (C=O) groups is 2. The third-order valence-electron chi connectivity index (χ3n) is 6.27. The van der Waals surface area contributed by atoms with Crippen LogP contribution in [-0.2, 0) is 9.59 Å². The highest BCUT2D eigenvalue weighted by molar-refractivity contribution is 6.51. The summed E-state index contributed by atoms with van der Waals surface area (Å²) in [7, 11) is 0. The number of nitrogens with zero attached hydrogens (tertiary/aromatic N) is 1. The first-order valence-electron chi connectivity index (χ1n) is 11.8. The third kappa shape index (κ3) is 4.17. The van der Waals surface area contributed by atoms with Gasteiger partial charge in [-0.15, -0.1) is 0 Å². The van der Waals surface area contributed by atoms with Crippen molar-refractivity contribution >= 4 is 23.1 Å². The second-order valence-electron chi connectivity index (χ2n) is 9.29. The van der Waals surface area contributed by atoms with Crippen LogP contribution in [0.15, 0.2) is 72.3 Å². The van der Waals surface area contributed by atoms with Crippen LogP contribution >= 0.6 is 0 Å². The Morgan fingerprint density at radius 2 is 1.75 bits per heavy atom. The molecule has 0 aromatic heterocycles. The largest absolute Gasteiger partial charge is 0.507 e. The maximum atomic E-state index is 13.4. The summed E-state index contributed by atoms with van der Waals surface area (Å²) in [5.41, 5.74) is 2.57. The normalized spacial score (nSPS) is 18.2. The number of amides is 1. The van der Waals surface area contributed by atoms with Crippen LogP contribution in [0.5, 0.6) is 17.2 Å². The lowest BCUT2D eigenvalue weighted by atomic mass is 9.92. The summed E-state index contributed by atoms with van der Waals surface area (Å²) in [5.74, 6) is 0.357. The molecule has 3 aromatic rings. The molecule has 1 amide bonds. The molecule has 7 heteroatoms. The summed E-state index contributed by atoms with van der Waals surface area (Å²) in [6.07, 6.45) is 0. The van der Waals surface area contributed by atoms with Crippen LogP contribution in [0.2, 0.25) is 0 Å². The molecule has 184 valence electrons. The number of carbonyl (C=O) groups excluding carboxylic acids is 2. The van der Waals surface area contributed by atoms with E-state index in [9.17, 15) is 14.7 Å². The summed E-state index contributed by atoms with van der Waals surface area (Å²) >= 11 is 0. The molecule has 1 saturated heterocycles. The Kier molecular flexibility index (Phi) is 6.14. The van der Waals surface area contributed by atoms with Gasteiger partial charge in [-0.3, -0.25) is 14.5 Å². The smallest absolute Gasteiger partial charge is 0.300 e. The number of fused-ring (bicyclic) bond motifs is 1. The van der Waals surface area contributed by atoms with Crippen molar-refractivity contribution in [3.05, 3.63) is 89.0 Å². The molecule has 7 nitrogen and oxygen atoms in total. The molecule has 5 rings (SSSR count). The minimum absolute atomic E-state index is 0.0216. The van der Waals surface area contributed by atoms with E-state index in [4.69, 9.17) is 14.2 Å². The molecule has 2 heterocycles. The van der Waals surface area contributed by atoms with E-state index in [0.29, 0.717) is 41.0 Å². The molecule has 3 aromatic carbocycles. The Morgan fingerprint density at radius 3 is 2.47 bits per heavy atom. The van der Waals surface area contributed by atoms with Crippen molar-refractivity contribution < 1.29 is 28.9 Å². The Morgan fingerprint density at radius 1 is 1.03 bits per heavy atom. The van der Waals surface area contributed by atoms with Crippen LogP contribution in [-0.4, -0.2) is 30.2 Å². The fraction of sp³-hybridized carbons (Fsp3) is 0.241. The Balaban J connectivity index is 1.62. The fourth-order valence-electron chi connectivity index (χ4n) is 4.45. The number of ketones is 1. The summed E-state index contributed by atoms with van der Waals surface area (Å²) in [4.78, 5) is 28.2. The molecule has 1 atom stereocenters. The van der Waals surface area contributed by atoms with Gasteiger partial charge < -0.3 is 19.3 Å². The topological polar surface area (TPSA) is 85.3 Å². The van der Waals surface area contributed by atoms with E-state index in [2.05, 4.69) is 13.8 Å². The van der Waals surface area contributed by atoms with E-state index in [1.165, 1.54) is 4.90 Å². The summed E-state index contributed by atoms with van der Waals surface area (Å²) < 4.78 is 16.6. The van der Waals surface area contributed by atoms with Crippen LogP contribution < -0.4 is 19.1 Å². The lowest BCUT2D eigenvalue weighted by molar-refractivity contribution is -0.132. The molecule has 2 aliphatic heterocycles. The number of anilines is 1. The Hall–Kier alpha value is -4.26. The predicted molar refractivity (Wildman–Crippen MR) is 135 cm³/mol. The monoisotopic (exact) mass is 485 g/mol. The molecule has 0 saturated carbocycles. The zero-order chi connectivity index (χ0) is 25.4. The number of aliphatic hydroxyl groups is 1. The molecule has 0 spiro atoms. The van der Waals surface area contributed by atoms with Gasteiger partial charge in [-0.05, 0) is 66.4 Å². The van der Waals surface area contributed by atoms with E-state index in [1.807, 2.05) is 31.2 Å². The third-order valence-corrected chi connectivity index (χ3v) is 6.27. The van der Waals surface area contributed by atoms with Crippen LogP contribution in [0.3, 0.4) is 0 Å². The van der Waals surface area contributed by atoms with Crippen molar-refractivity contribution in [3.8, 4) is 17.2 Å². The lowest BCUT2D eigenvalue weighted by Gasteiger charge is -2.27. The molecule has 0 aliphatic carbocycles. The molecule has 0 bridgehead atoms. The molecule has 1 N–H and O–H groups in total. The van der Waals surface area contributed by atoms with Gasteiger partial charge in [-0.25, -0.2) is 0 Å². The Labute approximate surface area is 209 Å². The number of ether oxygens (including phenoxy) is 3. The van der Waals surface area contributed by atoms with Crippen molar-refractivity contribution in [2.24, 2.45) is 5.92 Å². The maximum absolute atomic E-state index is 13.4. The molecule has 1 fully saturated rings. The van der Waals surface area contributed by atoms with E-state index in [1.54, 1.807) is 42.5 Å². The van der Waals surface area contributed by atoms with E-state index < -0.39 is 17.7 Å². The van der Waals surface area contributed by atoms with Gasteiger partial charge in [-0.2, -0.15) is 0 Å². The van der Waals surface area contributed by atoms with Gasteiger partial charge in [-0.1, -0.05) is 38.1 Å². The maximum Gasteiger partial charge on any atom is 0.300 e. The number of hydrogen-bond donors (Lipinski definition) is 1. The highest BCUT2D eigenvalue weighted by Crippen LogP contribution is 2.44. The van der Waals surface area contributed by atoms with Gasteiger partial charge in [0.05, 0.1) is 18.2 Å². The van der Waals surface area contributed by atoms with Crippen LogP contribution in [0, 0.1) is 12.8 Å². The highest BCUT2D eigenvalue weighted by atomic mass is 16.7. The fourth-order valence-corrected chi connectivity index (χ4v) is 4.45. The van der Waals surface area contributed by atoms with E-state index in [0.717, 1.165) is 11.1 Å². The standard InChI is InChI=1S/C29H27NO6/c1-17(2)15-34-21-11-9-20(10-12-21)30-26(22-7-5-4-6-18(22)3)25(28(32)29(30)33)27(31)19-8-13-23-24(14-19)36-16-35-23/h4-14,17,26,31H,15-16H2,1-3H3/b27-25+. The van der Waals surface area contributed by atoms with Gasteiger partial charge >= 0.3 is 0 Å². The van der Waals surface area contributed by atoms with Crippen LogP contribution in [0.25, 0.3) is 5.76 Å². The second kappa shape index (κ2) is 9.41. The van der Waals surface area contributed by atoms with Gasteiger partial charge in [0.15, 0.2) is 11.5 Å². The second-order valence-corrected chi connectivity index (χ2v) is 9.29.